The maximum Gasteiger partial charge on any atom is 0.261 e. The van der Waals surface area contributed by atoms with Crippen molar-refractivity contribution in [1.82, 2.24) is 20.1 Å². The van der Waals surface area contributed by atoms with Crippen molar-refractivity contribution in [2.24, 2.45) is 0 Å². The Morgan fingerprint density at radius 3 is 2.68 bits per heavy atom. The molecule has 1 N–H and O–H groups in total. The third kappa shape index (κ3) is 4.76. The van der Waals surface area contributed by atoms with Crippen LogP contribution in [0.5, 0.6) is 5.75 Å². The van der Waals surface area contributed by atoms with E-state index in [0.29, 0.717) is 26.6 Å². The van der Waals surface area contributed by atoms with E-state index >= 15 is 0 Å². The fourth-order valence-electron chi connectivity index (χ4n) is 2.49. The molecule has 0 unspecified atom stereocenters. The molecule has 2 aromatic heterocycles. The van der Waals surface area contributed by atoms with Crippen LogP contribution in [0, 0.1) is 6.92 Å². The molecule has 0 fully saturated rings. The molecule has 3 rings (SSSR count). The monoisotopic (exact) mass is 434 g/mol. The molecule has 0 aliphatic rings. The molecule has 0 bridgehead atoms. The minimum Gasteiger partial charge on any atom is -0.497 e. The van der Waals surface area contributed by atoms with Crippen LogP contribution in [0.15, 0.2) is 52.5 Å². The van der Waals surface area contributed by atoms with Crippen LogP contribution in [0.3, 0.4) is 0 Å². The van der Waals surface area contributed by atoms with Crippen molar-refractivity contribution >= 4 is 40.6 Å². The number of aromatic nitrogens is 3. The number of hydrogen-bond donors (Lipinski definition) is 1. The summed E-state index contributed by atoms with van der Waals surface area (Å²) in [6.45, 7) is 5.88. The van der Waals surface area contributed by atoms with Crippen molar-refractivity contribution in [3.8, 4) is 11.4 Å². The Morgan fingerprint density at radius 1 is 1.32 bits per heavy atom. The van der Waals surface area contributed by atoms with Crippen LogP contribution in [0.1, 0.15) is 21.1 Å². The van der Waals surface area contributed by atoms with E-state index in [-0.39, 0.29) is 12.5 Å². The van der Waals surface area contributed by atoms with Gasteiger partial charge in [0.05, 0.1) is 18.5 Å². The van der Waals surface area contributed by atoms with Crippen molar-refractivity contribution in [3.05, 3.63) is 63.6 Å². The molecule has 1 amide bonds. The number of carbonyl (C=O) groups excluding carboxylic acids is 1. The summed E-state index contributed by atoms with van der Waals surface area (Å²) in [5.41, 5.74) is 1.82. The number of halogens is 1. The molecule has 146 valence electrons. The Balaban J connectivity index is 1.86. The Morgan fingerprint density at radius 2 is 2.07 bits per heavy atom. The SMILES string of the molecule is C=C(Cl)CSc1nnc(CNC(=O)c2sccc2C)n1-c1ccc(OC)cc1. The predicted molar refractivity (Wildman–Crippen MR) is 114 cm³/mol. The largest absolute Gasteiger partial charge is 0.497 e. The highest BCUT2D eigenvalue weighted by Gasteiger charge is 2.17. The van der Waals surface area contributed by atoms with E-state index in [4.69, 9.17) is 16.3 Å². The Labute approximate surface area is 176 Å². The first kappa shape index (κ1) is 20.4. The van der Waals surface area contributed by atoms with E-state index in [2.05, 4.69) is 22.1 Å². The first-order valence-corrected chi connectivity index (χ1v) is 10.6. The highest BCUT2D eigenvalue weighted by Crippen LogP contribution is 2.25. The van der Waals surface area contributed by atoms with Gasteiger partial charge in [-0.3, -0.25) is 9.36 Å². The molecule has 0 spiro atoms. The average Bonchev–Trinajstić information content (AvgIpc) is 3.30. The molecular weight excluding hydrogens is 416 g/mol. The molecule has 6 nitrogen and oxygen atoms in total. The van der Waals surface area contributed by atoms with Crippen molar-refractivity contribution in [2.45, 2.75) is 18.6 Å². The number of amides is 1. The minimum atomic E-state index is -0.125. The van der Waals surface area contributed by atoms with E-state index in [0.717, 1.165) is 17.0 Å². The van der Waals surface area contributed by atoms with Crippen LogP contribution < -0.4 is 10.1 Å². The fraction of sp³-hybridized carbons (Fsp3) is 0.211. The highest BCUT2D eigenvalue weighted by molar-refractivity contribution is 7.99. The number of benzene rings is 1. The third-order valence-corrected chi connectivity index (χ3v) is 6.19. The molecule has 0 saturated carbocycles. The molecule has 9 heteroatoms. The standard InChI is InChI=1S/C19H19ClN4O2S2/c1-12-8-9-27-17(12)18(25)21-10-16-22-23-19(28-11-13(2)20)24(16)14-4-6-15(26-3)7-5-14/h4-9H,2,10-11H2,1,3H3,(H,21,25). The number of nitrogens with zero attached hydrogens (tertiary/aromatic N) is 3. The zero-order valence-electron chi connectivity index (χ0n) is 15.4. The first-order valence-electron chi connectivity index (χ1n) is 8.36. The number of thioether (sulfide) groups is 1. The van der Waals surface area contributed by atoms with Crippen LogP contribution >= 0.6 is 34.7 Å². The van der Waals surface area contributed by atoms with Crippen LogP contribution in [0.4, 0.5) is 0 Å². The second-order valence-electron chi connectivity index (χ2n) is 5.85. The summed E-state index contributed by atoms with van der Waals surface area (Å²) in [4.78, 5) is 13.1. The van der Waals surface area contributed by atoms with Crippen LogP contribution in [0.25, 0.3) is 5.69 Å². The third-order valence-electron chi connectivity index (χ3n) is 3.86. The van der Waals surface area contributed by atoms with E-state index in [9.17, 15) is 4.79 Å². The lowest BCUT2D eigenvalue weighted by atomic mass is 10.3. The number of aryl methyl sites for hydroxylation is 1. The lowest BCUT2D eigenvalue weighted by Gasteiger charge is -2.11. The van der Waals surface area contributed by atoms with Crippen LogP contribution in [-0.2, 0) is 6.54 Å². The maximum atomic E-state index is 12.4. The summed E-state index contributed by atoms with van der Waals surface area (Å²) < 4.78 is 7.12. The second-order valence-corrected chi connectivity index (χ2v) is 8.25. The van der Waals surface area contributed by atoms with Gasteiger partial charge in [-0.2, -0.15) is 0 Å². The summed E-state index contributed by atoms with van der Waals surface area (Å²) in [5.74, 6) is 1.76. The smallest absolute Gasteiger partial charge is 0.261 e. The van der Waals surface area contributed by atoms with Gasteiger partial charge in [0.1, 0.15) is 5.75 Å². The number of ether oxygens (including phenoxy) is 1. The van der Waals surface area contributed by atoms with Crippen molar-refractivity contribution in [1.29, 1.82) is 0 Å². The number of thiophene rings is 1. The van der Waals surface area contributed by atoms with Gasteiger partial charge in [0.2, 0.25) is 0 Å². The van der Waals surface area contributed by atoms with E-state index < -0.39 is 0 Å². The van der Waals surface area contributed by atoms with Gasteiger partial charge in [-0.15, -0.1) is 21.5 Å². The number of rotatable bonds is 8. The Bertz CT molecular complexity index is 982. The van der Waals surface area contributed by atoms with Gasteiger partial charge in [0, 0.05) is 16.5 Å². The van der Waals surface area contributed by atoms with Gasteiger partial charge in [-0.05, 0) is 48.2 Å². The number of nitrogens with one attached hydrogen (secondary N) is 1. The molecule has 0 aliphatic heterocycles. The first-order chi connectivity index (χ1) is 13.5. The fourth-order valence-corrected chi connectivity index (χ4v) is 4.22. The van der Waals surface area contributed by atoms with Gasteiger partial charge >= 0.3 is 0 Å². The normalized spacial score (nSPS) is 10.7. The average molecular weight is 435 g/mol. The summed E-state index contributed by atoms with van der Waals surface area (Å²) in [6, 6.07) is 9.48. The molecule has 2 heterocycles. The van der Waals surface area contributed by atoms with Gasteiger partial charge in [-0.25, -0.2) is 0 Å². The molecular formula is C19H19ClN4O2S2. The van der Waals surface area contributed by atoms with E-state index in [1.54, 1.807) is 7.11 Å². The van der Waals surface area contributed by atoms with Crippen molar-refractivity contribution in [3.63, 3.8) is 0 Å². The predicted octanol–water partition coefficient (Wildman–Crippen LogP) is 4.42. The van der Waals surface area contributed by atoms with Gasteiger partial charge in [0.15, 0.2) is 11.0 Å². The van der Waals surface area contributed by atoms with Gasteiger partial charge < -0.3 is 10.1 Å². The zero-order chi connectivity index (χ0) is 20.1. The van der Waals surface area contributed by atoms with E-state index in [1.165, 1.54) is 23.1 Å². The van der Waals surface area contributed by atoms with Crippen molar-refractivity contribution < 1.29 is 9.53 Å². The quantitative estimate of drug-likeness (QED) is 0.531. The minimum absolute atomic E-state index is 0.125. The molecule has 0 aliphatic carbocycles. The number of hydrogen-bond acceptors (Lipinski definition) is 6. The summed E-state index contributed by atoms with van der Waals surface area (Å²) in [6.07, 6.45) is 0. The van der Waals surface area contributed by atoms with Crippen LogP contribution in [0.2, 0.25) is 0 Å². The summed E-state index contributed by atoms with van der Waals surface area (Å²) in [5, 5.41) is 14.5. The summed E-state index contributed by atoms with van der Waals surface area (Å²) in [7, 11) is 1.62. The summed E-state index contributed by atoms with van der Waals surface area (Å²) >= 11 is 8.75. The molecule has 3 aromatic rings. The lowest BCUT2D eigenvalue weighted by molar-refractivity contribution is 0.0953. The maximum absolute atomic E-state index is 12.4. The topological polar surface area (TPSA) is 69.0 Å². The van der Waals surface area contributed by atoms with Gasteiger partial charge in [-0.1, -0.05) is 29.9 Å². The molecule has 0 atom stereocenters. The lowest BCUT2D eigenvalue weighted by Crippen LogP contribution is -2.24. The Kier molecular flexibility index (Phi) is 6.77. The van der Waals surface area contributed by atoms with Crippen molar-refractivity contribution in [2.75, 3.05) is 12.9 Å². The molecule has 0 saturated heterocycles. The second kappa shape index (κ2) is 9.27. The van der Waals surface area contributed by atoms with E-state index in [1.807, 2.05) is 47.2 Å². The van der Waals surface area contributed by atoms with Gasteiger partial charge in [0.25, 0.3) is 5.91 Å². The number of methoxy groups -OCH3 is 1. The van der Waals surface area contributed by atoms with Crippen LogP contribution in [-0.4, -0.2) is 33.5 Å². The highest BCUT2D eigenvalue weighted by atomic mass is 35.5. The molecule has 1 aromatic carbocycles. The Hall–Kier alpha value is -2.29. The zero-order valence-corrected chi connectivity index (χ0v) is 17.8. The molecule has 28 heavy (non-hydrogen) atoms. The molecule has 0 radical (unpaired) electrons. The number of carbonyl (C=O) groups is 1.